The molecule has 4 rings (SSSR count). The van der Waals surface area contributed by atoms with Crippen LogP contribution in [-0.4, -0.2) is 9.97 Å². The van der Waals surface area contributed by atoms with Crippen LogP contribution in [-0.2, 0) is 0 Å². The summed E-state index contributed by atoms with van der Waals surface area (Å²) in [6.07, 6.45) is 6.00. The molecule has 0 spiro atoms. The highest BCUT2D eigenvalue weighted by Crippen LogP contribution is 2.28. The number of fused-ring (bicyclic) bond motifs is 1. The van der Waals surface area contributed by atoms with Crippen molar-refractivity contribution in [1.29, 1.82) is 0 Å². The highest BCUT2D eigenvalue weighted by atomic mass is 32.1. The van der Waals surface area contributed by atoms with Crippen LogP contribution < -0.4 is 0 Å². The van der Waals surface area contributed by atoms with Gasteiger partial charge in [-0.1, -0.05) is 48.5 Å². The van der Waals surface area contributed by atoms with Crippen molar-refractivity contribution in [3.8, 4) is 11.1 Å². The van der Waals surface area contributed by atoms with Gasteiger partial charge in [-0.05, 0) is 35.4 Å². The monoisotopic (exact) mass is 314 g/mol. The minimum absolute atomic E-state index is 0.972. The first-order valence-corrected chi connectivity index (χ1v) is 8.30. The Morgan fingerprint density at radius 2 is 1.74 bits per heavy atom. The van der Waals surface area contributed by atoms with Gasteiger partial charge in [-0.25, -0.2) is 4.98 Å². The van der Waals surface area contributed by atoms with Crippen molar-refractivity contribution in [1.82, 2.24) is 9.97 Å². The SMILES string of the molecule is C(=C\c1ncccc1-c1ccc2ncsc2c1)/c1ccccc1. The molecule has 0 aliphatic carbocycles. The van der Waals surface area contributed by atoms with Crippen LogP contribution in [0.3, 0.4) is 0 Å². The Balaban J connectivity index is 1.76. The third kappa shape index (κ3) is 2.91. The number of thiazole rings is 1. The number of pyridine rings is 1. The van der Waals surface area contributed by atoms with Crippen molar-refractivity contribution in [3.05, 3.63) is 83.6 Å². The van der Waals surface area contributed by atoms with Crippen molar-refractivity contribution in [2.45, 2.75) is 0 Å². The lowest BCUT2D eigenvalue weighted by Gasteiger charge is -2.05. The molecule has 110 valence electrons. The number of hydrogen-bond donors (Lipinski definition) is 0. The molecule has 0 atom stereocenters. The third-order valence-electron chi connectivity index (χ3n) is 3.71. The van der Waals surface area contributed by atoms with Crippen molar-refractivity contribution >= 4 is 33.7 Å². The molecule has 2 aromatic heterocycles. The lowest BCUT2D eigenvalue weighted by molar-refractivity contribution is 1.30. The molecule has 2 aromatic carbocycles. The second kappa shape index (κ2) is 6.15. The van der Waals surface area contributed by atoms with Gasteiger partial charge >= 0.3 is 0 Å². The van der Waals surface area contributed by atoms with Crippen LogP contribution in [0.5, 0.6) is 0 Å². The standard InChI is InChI=1S/C20H14N2S/c1-2-5-15(6-3-1)8-10-18-17(7-4-12-21-18)16-9-11-19-20(13-16)23-14-22-19/h1-14H/b10-8+. The van der Waals surface area contributed by atoms with Crippen LogP contribution in [0.25, 0.3) is 33.5 Å². The Labute approximate surface area is 138 Å². The fourth-order valence-corrected chi connectivity index (χ4v) is 3.27. The smallest absolute Gasteiger partial charge is 0.0812 e. The zero-order chi connectivity index (χ0) is 15.5. The highest BCUT2D eigenvalue weighted by molar-refractivity contribution is 7.16. The van der Waals surface area contributed by atoms with Crippen LogP contribution >= 0.6 is 11.3 Å². The van der Waals surface area contributed by atoms with E-state index < -0.39 is 0 Å². The van der Waals surface area contributed by atoms with Crippen LogP contribution in [0.15, 0.2) is 72.4 Å². The summed E-state index contributed by atoms with van der Waals surface area (Å²) in [4.78, 5) is 8.88. The maximum absolute atomic E-state index is 4.54. The summed E-state index contributed by atoms with van der Waals surface area (Å²) in [6.45, 7) is 0. The molecular formula is C20H14N2S. The quantitative estimate of drug-likeness (QED) is 0.497. The van der Waals surface area contributed by atoms with Gasteiger partial charge in [0.15, 0.2) is 0 Å². The van der Waals surface area contributed by atoms with Gasteiger partial charge in [0.2, 0.25) is 0 Å². The Bertz CT molecular complexity index is 971. The predicted molar refractivity (Wildman–Crippen MR) is 98.2 cm³/mol. The second-order valence-electron chi connectivity index (χ2n) is 5.22. The minimum atomic E-state index is 0.972. The Hall–Kier alpha value is -2.78. The molecule has 3 heteroatoms. The molecular weight excluding hydrogens is 300 g/mol. The molecule has 0 radical (unpaired) electrons. The average molecular weight is 314 g/mol. The molecule has 4 aromatic rings. The molecule has 23 heavy (non-hydrogen) atoms. The van der Waals surface area contributed by atoms with Gasteiger partial charge in [-0.3, -0.25) is 4.98 Å². The zero-order valence-corrected chi connectivity index (χ0v) is 13.2. The summed E-state index contributed by atoms with van der Waals surface area (Å²) in [5, 5.41) is 0. The van der Waals surface area contributed by atoms with Gasteiger partial charge in [0.05, 0.1) is 21.4 Å². The third-order valence-corrected chi connectivity index (χ3v) is 4.51. The van der Waals surface area contributed by atoms with E-state index in [1.54, 1.807) is 11.3 Å². The van der Waals surface area contributed by atoms with E-state index in [-0.39, 0.29) is 0 Å². The van der Waals surface area contributed by atoms with Crippen LogP contribution in [0.1, 0.15) is 11.3 Å². The lowest BCUT2D eigenvalue weighted by Crippen LogP contribution is -1.87. The molecule has 0 aliphatic heterocycles. The number of benzene rings is 2. The molecule has 0 unspecified atom stereocenters. The molecule has 2 heterocycles. The minimum Gasteiger partial charge on any atom is -0.256 e. The van der Waals surface area contributed by atoms with E-state index in [0.29, 0.717) is 0 Å². The first-order valence-electron chi connectivity index (χ1n) is 7.42. The van der Waals surface area contributed by atoms with E-state index in [0.717, 1.165) is 16.8 Å². The summed E-state index contributed by atoms with van der Waals surface area (Å²) in [7, 11) is 0. The predicted octanol–water partition coefficient (Wildman–Crippen LogP) is 5.53. The van der Waals surface area contributed by atoms with E-state index in [1.807, 2.05) is 36.0 Å². The zero-order valence-electron chi connectivity index (χ0n) is 12.4. The maximum Gasteiger partial charge on any atom is 0.0812 e. The first kappa shape index (κ1) is 13.9. The first-order chi connectivity index (χ1) is 11.4. The summed E-state index contributed by atoms with van der Waals surface area (Å²) in [6, 6.07) is 20.7. The number of rotatable bonds is 3. The second-order valence-corrected chi connectivity index (χ2v) is 6.10. The molecule has 0 aliphatic rings. The Morgan fingerprint density at radius 3 is 2.65 bits per heavy atom. The molecule has 0 amide bonds. The molecule has 0 N–H and O–H groups in total. The van der Waals surface area contributed by atoms with Gasteiger partial charge < -0.3 is 0 Å². The van der Waals surface area contributed by atoms with E-state index >= 15 is 0 Å². The van der Waals surface area contributed by atoms with Crippen molar-refractivity contribution in [2.24, 2.45) is 0 Å². The molecule has 0 saturated heterocycles. The van der Waals surface area contributed by atoms with Crippen LogP contribution in [0.2, 0.25) is 0 Å². The van der Waals surface area contributed by atoms with Gasteiger partial charge in [0, 0.05) is 11.8 Å². The maximum atomic E-state index is 4.54. The Kier molecular flexibility index (Phi) is 3.70. The fraction of sp³-hybridized carbons (Fsp3) is 0. The van der Waals surface area contributed by atoms with Crippen LogP contribution in [0, 0.1) is 0 Å². The highest BCUT2D eigenvalue weighted by Gasteiger charge is 2.05. The summed E-state index contributed by atoms with van der Waals surface area (Å²) in [5.74, 6) is 0. The van der Waals surface area contributed by atoms with E-state index in [2.05, 4.69) is 58.5 Å². The van der Waals surface area contributed by atoms with Crippen LogP contribution in [0.4, 0.5) is 0 Å². The summed E-state index contributed by atoms with van der Waals surface area (Å²) < 4.78 is 1.20. The van der Waals surface area contributed by atoms with E-state index in [4.69, 9.17) is 0 Å². The molecule has 0 bridgehead atoms. The van der Waals surface area contributed by atoms with Crippen molar-refractivity contribution in [2.75, 3.05) is 0 Å². The van der Waals surface area contributed by atoms with Crippen molar-refractivity contribution < 1.29 is 0 Å². The number of hydrogen-bond acceptors (Lipinski definition) is 3. The fourth-order valence-electron chi connectivity index (χ4n) is 2.56. The number of aromatic nitrogens is 2. The molecule has 2 nitrogen and oxygen atoms in total. The van der Waals surface area contributed by atoms with Gasteiger partial charge in [-0.2, -0.15) is 0 Å². The molecule has 0 fully saturated rings. The summed E-state index contributed by atoms with van der Waals surface area (Å²) >= 11 is 1.66. The normalized spacial score (nSPS) is 11.3. The lowest BCUT2D eigenvalue weighted by atomic mass is 10.0. The van der Waals surface area contributed by atoms with E-state index in [9.17, 15) is 0 Å². The summed E-state index contributed by atoms with van der Waals surface area (Å²) in [5.41, 5.74) is 7.37. The van der Waals surface area contributed by atoms with Gasteiger partial charge in [-0.15, -0.1) is 11.3 Å². The van der Waals surface area contributed by atoms with Gasteiger partial charge in [0.1, 0.15) is 0 Å². The largest absolute Gasteiger partial charge is 0.256 e. The molecule has 0 saturated carbocycles. The van der Waals surface area contributed by atoms with Crippen molar-refractivity contribution in [3.63, 3.8) is 0 Å². The Morgan fingerprint density at radius 1 is 0.826 bits per heavy atom. The van der Waals surface area contributed by atoms with E-state index in [1.165, 1.54) is 15.8 Å². The topological polar surface area (TPSA) is 25.8 Å². The van der Waals surface area contributed by atoms with Gasteiger partial charge in [0.25, 0.3) is 0 Å². The number of nitrogens with zero attached hydrogens (tertiary/aromatic N) is 2. The average Bonchev–Trinajstić information content (AvgIpc) is 3.09.